The summed E-state index contributed by atoms with van der Waals surface area (Å²) >= 11 is 0. The van der Waals surface area contributed by atoms with Crippen LogP contribution in [0.4, 0.5) is 55.5 Å². The molecule has 198 valence electrons. The predicted molar refractivity (Wildman–Crippen MR) is 107 cm³/mol. The first-order valence-corrected chi connectivity index (χ1v) is 9.85. The van der Waals surface area contributed by atoms with Crippen LogP contribution in [0.2, 0.25) is 0 Å². The van der Waals surface area contributed by atoms with E-state index in [0.717, 1.165) is 4.90 Å². The molecule has 0 saturated carbocycles. The van der Waals surface area contributed by atoms with Crippen LogP contribution in [-0.2, 0) is 0 Å². The van der Waals surface area contributed by atoms with E-state index in [2.05, 4.69) is 24.4 Å². The standard InChI is InChI=1S/C22H8F10N4O2/c1-36(7-5-3-2-4-6-7)20-33-21(37-18-14(29)10(25)8(23)11(26)15(18)30)35-22(34-20)38-19-16(31)12(27)9(24)13(28)17(19)32/h2-6H,1H3. The summed E-state index contributed by atoms with van der Waals surface area (Å²) in [6.07, 6.45) is 0. The van der Waals surface area contributed by atoms with Gasteiger partial charge < -0.3 is 14.4 Å². The fourth-order valence-corrected chi connectivity index (χ4v) is 2.87. The van der Waals surface area contributed by atoms with E-state index in [0.29, 0.717) is 5.69 Å². The normalized spacial score (nSPS) is 11.0. The second kappa shape index (κ2) is 10.0. The van der Waals surface area contributed by atoms with Crippen LogP contribution in [0.1, 0.15) is 0 Å². The molecule has 1 aromatic heterocycles. The van der Waals surface area contributed by atoms with Crippen LogP contribution in [0.3, 0.4) is 0 Å². The molecular formula is C22H8F10N4O2. The summed E-state index contributed by atoms with van der Waals surface area (Å²) in [5.74, 6) is -28.6. The Bertz CT molecular complexity index is 1410. The van der Waals surface area contributed by atoms with Gasteiger partial charge in [-0.1, -0.05) is 18.2 Å². The number of anilines is 2. The molecule has 3 aromatic carbocycles. The van der Waals surface area contributed by atoms with Crippen molar-refractivity contribution < 1.29 is 53.4 Å². The van der Waals surface area contributed by atoms with Gasteiger partial charge >= 0.3 is 12.0 Å². The van der Waals surface area contributed by atoms with Crippen LogP contribution in [0.15, 0.2) is 30.3 Å². The van der Waals surface area contributed by atoms with Crippen molar-refractivity contribution in [2.45, 2.75) is 0 Å². The van der Waals surface area contributed by atoms with E-state index in [1.54, 1.807) is 18.2 Å². The molecule has 0 bridgehead atoms. The summed E-state index contributed by atoms with van der Waals surface area (Å²) in [5, 5.41) is 0. The lowest BCUT2D eigenvalue weighted by molar-refractivity contribution is 0.307. The highest BCUT2D eigenvalue weighted by molar-refractivity contribution is 5.56. The Hall–Kier alpha value is -4.63. The first kappa shape index (κ1) is 26.4. The zero-order valence-electron chi connectivity index (χ0n) is 18.3. The average Bonchev–Trinajstić information content (AvgIpc) is 2.93. The third-order valence-corrected chi connectivity index (χ3v) is 4.75. The van der Waals surface area contributed by atoms with Gasteiger partial charge in [0.15, 0.2) is 0 Å². The molecule has 16 heteroatoms. The van der Waals surface area contributed by atoms with E-state index in [4.69, 9.17) is 0 Å². The first-order chi connectivity index (χ1) is 17.9. The van der Waals surface area contributed by atoms with Crippen molar-refractivity contribution in [3.05, 3.63) is 88.5 Å². The number of para-hydroxylation sites is 1. The Morgan fingerprint density at radius 3 is 1.21 bits per heavy atom. The van der Waals surface area contributed by atoms with Gasteiger partial charge in [-0.2, -0.15) is 27.5 Å². The molecular weight excluding hydrogens is 542 g/mol. The number of ether oxygens (including phenoxy) is 2. The molecule has 4 aromatic rings. The summed E-state index contributed by atoms with van der Waals surface area (Å²) in [4.78, 5) is 11.7. The molecule has 0 amide bonds. The number of nitrogens with zero attached hydrogens (tertiary/aromatic N) is 4. The van der Waals surface area contributed by atoms with Gasteiger partial charge in [-0.3, -0.25) is 0 Å². The van der Waals surface area contributed by atoms with E-state index in [9.17, 15) is 43.9 Å². The molecule has 0 spiro atoms. The highest BCUT2D eigenvalue weighted by Gasteiger charge is 2.30. The van der Waals surface area contributed by atoms with Gasteiger partial charge in [-0.05, 0) is 12.1 Å². The maximum atomic E-state index is 14.1. The van der Waals surface area contributed by atoms with Gasteiger partial charge in [0.2, 0.25) is 75.6 Å². The summed E-state index contributed by atoms with van der Waals surface area (Å²) in [6.45, 7) is 0. The number of rotatable bonds is 6. The molecule has 0 aliphatic heterocycles. The second-order valence-electron chi connectivity index (χ2n) is 7.10. The molecule has 0 unspecified atom stereocenters. The van der Waals surface area contributed by atoms with Crippen LogP contribution < -0.4 is 14.4 Å². The minimum absolute atomic E-state index is 0.308. The number of benzene rings is 3. The average molecular weight is 550 g/mol. The van der Waals surface area contributed by atoms with Crippen LogP contribution in [0.25, 0.3) is 0 Å². The lowest BCUT2D eigenvalue weighted by Gasteiger charge is -2.18. The fourth-order valence-electron chi connectivity index (χ4n) is 2.87. The summed E-state index contributed by atoms with van der Waals surface area (Å²) in [7, 11) is 1.29. The molecule has 0 fully saturated rings. The van der Waals surface area contributed by atoms with Crippen LogP contribution in [0.5, 0.6) is 23.5 Å². The van der Waals surface area contributed by atoms with Crippen molar-refractivity contribution in [3.8, 4) is 23.5 Å². The molecule has 0 atom stereocenters. The maximum Gasteiger partial charge on any atom is 0.330 e. The molecule has 0 saturated heterocycles. The molecule has 0 radical (unpaired) electrons. The Balaban J connectivity index is 1.86. The largest absolute Gasteiger partial charge is 0.418 e. The predicted octanol–water partition coefficient (Wildman–Crippen LogP) is 6.62. The van der Waals surface area contributed by atoms with Crippen molar-refractivity contribution in [3.63, 3.8) is 0 Å². The minimum Gasteiger partial charge on any atom is -0.418 e. The number of halogens is 10. The van der Waals surface area contributed by atoms with E-state index < -0.39 is 87.6 Å². The summed E-state index contributed by atoms with van der Waals surface area (Å²) < 4.78 is 147. The number of aromatic nitrogens is 3. The van der Waals surface area contributed by atoms with Gasteiger partial charge in [0.1, 0.15) is 0 Å². The molecule has 1 heterocycles. The Kier molecular flexibility index (Phi) is 6.97. The molecule has 0 aliphatic carbocycles. The number of hydrogen-bond donors (Lipinski definition) is 0. The van der Waals surface area contributed by atoms with Gasteiger partial charge in [0.25, 0.3) is 0 Å². The highest BCUT2D eigenvalue weighted by atomic mass is 19.2. The van der Waals surface area contributed by atoms with Crippen molar-refractivity contribution in [1.82, 2.24) is 15.0 Å². The Morgan fingerprint density at radius 1 is 0.500 bits per heavy atom. The van der Waals surface area contributed by atoms with Gasteiger partial charge in [-0.25, -0.2) is 26.3 Å². The molecule has 38 heavy (non-hydrogen) atoms. The van der Waals surface area contributed by atoms with E-state index >= 15 is 0 Å². The number of hydrogen-bond acceptors (Lipinski definition) is 6. The topological polar surface area (TPSA) is 60.4 Å². The third kappa shape index (κ3) is 4.59. The van der Waals surface area contributed by atoms with Crippen molar-refractivity contribution in [2.75, 3.05) is 11.9 Å². The van der Waals surface area contributed by atoms with Gasteiger partial charge in [0.05, 0.1) is 0 Å². The summed E-state index contributed by atoms with van der Waals surface area (Å²) in [5.41, 5.74) is 0.308. The summed E-state index contributed by atoms with van der Waals surface area (Å²) in [6, 6.07) is 5.18. The van der Waals surface area contributed by atoms with Crippen molar-refractivity contribution in [2.24, 2.45) is 0 Å². The van der Waals surface area contributed by atoms with Crippen LogP contribution >= 0.6 is 0 Å². The van der Waals surface area contributed by atoms with E-state index in [1.807, 2.05) is 0 Å². The second-order valence-corrected chi connectivity index (χ2v) is 7.10. The zero-order valence-corrected chi connectivity index (χ0v) is 18.3. The van der Waals surface area contributed by atoms with E-state index in [-0.39, 0.29) is 0 Å². The third-order valence-electron chi connectivity index (χ3n) is 4.75. The van der Waals surface area contributed by atoms with E-state index in [1.165, 1.54) is 19.2 Å². The lowest BCUT2D eigenvalue weighted by Crippen LogP contribution is -2.15. The van der Waals surface area contributed by atoms with Crippen LogP contribution in [0, 0.1) is 58.2 Å². The monoisotopic (exact) mass is 550 g/mol. The molecule has 6 nitrogen and oxygen atoms in total. The van der Waals surface area contributed by atoms with Crippen molar-refractivity contribution in [1.29, 1.82) is 0 Å². The maximum absolute atomic E-state index is 14.1. The fraction of sp³-hybridized carbons (Fsp3) is 0.0455. The minimum atomic E-state index is -2.50. The van der Waals surface area contributed by atoms with Gasteiger partial charge in [0, 0.05) is 12.7 Å². The zero-order chi connectivity index (χ0) is 27.9. The first-order valence-electron chi connectivity index (χ1n) is 9.85. The SMILES string of the molecule is CN(c1ccccc1)c1nc(Oc2c(F)c(F)c(F)c(F)c2F)nc(Oc2c(F)c(F)c(F)c(F)c2F)n1. The highest BCUT2D eigenvalue weighted by Crippen LogP contribution is 2.35. The van der Waals surface area contributed by atoms with Crippen LogP contribution in [-0.4, -0.2) is 22.0 Å². The quantitative estimate of drug-likeness (QED) is 0.153. The van der Waals surface area contributed by atoms with Gasteiger partial charge in [-0.15, -0.1) is 4.98 Å². The smallest absolute Gasteiger partial charge is 0.330 e. The molecule has 0 N–H and O–H groups in total. The molecule has 4 rings (SSSR count). The Labute approximate surface area is 204 Å². The molecule has 0 aliphatic rings. The Morgan fingerprint density at radius 2 is 0.842 bits per heavy atom. The van der Waals surface area contributed by atoms with Crippen molar-refractivity contribution >= 4 is 11.6 Å². The lowest BCUT2D eigenvalue weighted by atomic mass is 10.2.